The van der Waals surface area contributed by atoms with Crippen molar-refractivity contribution in [1.29, 1.82) is 0 Å². The fraction of sp³-hybridized carbons (Fsp3) is 0.0400. The van der Waals surface area contributed by atoms with E-state index in [0.717, 1.165) is 27.1 Å². The molecule has 0 saturated heterocycles. The molecule has 162 valence electrons. The second-order valence-corrected chi connectivity index (χ2v) is 9.04. The smallest absolute Gasteiger partial charge is 0.279 e. The molecule has 33 heavy (non-hydrogen) atoms. The predicted octanol–water partition coefficient (Wildman–Crippen LogP) is 3.25. The van der Waals surface area contributed by atoms with Gasteiger partial charge in [-0.2, -0.15) is 4.68 Å². The van der Waals surface area contributed by atoms with E-state index in [-0.39, 0.29) is 26.2 Å². The lowest BCUT2D eigenvalue weighted by Crippen LogP contribution is -2.29. The summed E-state index contributed by atoms with van der Waals surface area (Å²) in [6.07, 6.45) is 0. The quantitative estimate of drug-likeness (QED) is 0.438. The molecule has 2 N–H and O–H groups in total. The van der Waals surface area contributed by atoms with Gasteiger partial charge in [-0.25, -0.2) is 4.99 Å². The van der Waals surface area contributed by atoms with Crippen molar-refractivity contribution in [3.05, 3.63) is 115 Å². The number of rotatable bonds is 5. The maximum absolute atomic E-state index is 13.4. The van der Waals surface area contributed by atoms with Crippen molar-refractivity contribution in [3.8, 4) is 5.88 Å². The maximum atomic E-state index is 13.4. The minimum absolute atomic E-state index is 0.209. The summed E-state index contributed by atoms with van der Waals surface area (Å²) in [5.74, 6) is -1.73. The van der Waals surface area contributed by atoms with Gasteiger partial charge in [0.1, 0.15) is 4.88 Å². The molecular formula is C25H17N3O3S2. The number of nitrogens with one attached hydrogen (secondary N) is 1. The molecular weight excluding hydrogens is 454 g/mol. The van der Waals surface area contributed by atoms with Gasteiger partial charge in [0.25, 0.3) is 11.8 Å². The SMILES string of the molecule is O=C1N=c2ccccc2=C1c1sc(=S)n(NC(=O)C(c2ccccc2)c2ccccc2)c1O. The van der Waals surface area contributed by atoms with Crippen LogP contribution in [0, 0.1) is 3.95 Å². The highest BCUT2D eigenvalue weighted by Gasteiger charge is 2.28. The monoisotopic (exact) mass is 471 g/mol. The van der Waals surface area contributed by atoms with Gasteiger partial charge in [0.2, 0.25) is 5.88 Å². The summed E-state index contributed by atoms with van der Waals surface area (Å²) < 4.78 is 1.36. The Hall–Kier alpha value is -3.88. The molecule has 0 saturated carbocycles. The molecule has 1 aliphatic rings. The van der Waals surface area contributed by atoms with Crippen molar-refractivity contribution >= 4 is 40.9 Å². The summed E-state index contributed by atoms with van der Waals surface area (Å²) in [4.78, 5) is 30.3. The van der Waals surface area contributed by atoms with Crippen LogP contribution in [0.3, 0.4) is 0 Å². The number of hydrogen-bond acceptors (Lipinski definition) is 5. The normalized spacial score (nSPS) is 12.5. The van der Waals surface area contributed by atoms with Crippen LogP contribution in [-0.4, -0.2) is 21.6 Å². The molecule has 1 aliphatic heterocycles. The van der Waals surface area contributed by atoms with E-state index in [2.05, 4.69) is 10.4 Å². The van der Waals surface area contributed by atoms with Crippen molar-refractivity contribution in [2.45, 2.75) is 5.92 Å². The molecule has 0 atom stereocenters. The summed E-state index contributed by atoms with van der Waals surface area (Å²) in [5, 5.41) is 12.1. The molecule has 3 aromatic carbocycles. The predicted molar refractivity (Wildman–Crippen MR) is 129 cm³/mol. The Morgan fingerprint density at radius 2 is 1.52 bits per heavy atom. The van der Waals surface area contributed by atoms with Crippen molar-refractivity contribution in [2.24, 2.45) is 4.99 Å². The van der Waals surface area contributed by atoms with Crippen molar-refractivity contribution in [2.75, 3.05) is 5.43 Å². The van der Waals surface area contributed by atoms with E-state index in [4.69, 9.17) is 12.2 Å². The number of aromatic nitrogens is 1. The highest BCUT2D eigenvalue weighted by Crippen LogP contribution is 2.32. The molecule has 0 unspecified atom stereocenters. The molecule has 8 heteroatoms. The highest BCUT2D eigenvalue weighted by atomic mass is 32.1. The molecule has 0 radical (unpaired) electrons. The highest BCUT2D eigenvalue weighted by molar-refractivity contribution is 7.73. The number of hydrogen-bond donors (Lipinski definition) is 2. The summed E-state index contributed by atoms with van der Waals surface area (Å²) in [6, 6.07) is 25.8. The number of nitrogens with zero attached hydrogens (tertiary/aromatic N) is 2. The number of amides is 2. The van der Waals surface area contributed by atoms with Crippen molar-refractivity contribution in [3.63, 3.8) is 0 Å². The minimum atomic E-state index is -0.617. The first-order valence-electron chi connectivity index (χ1n) is 10.1. The Morgan fingerprint density at radius 3 is 2.15 bits per heavy atom. The van der Waals surface area contributed by atoms with E-state index in [1.807, 2.05) is 60.7 Å². The van der Waals surface area contributed by atoms with Gasteiger partial charge in [-0.05, 0) is 29.4 Å². The van der Waals surface area contributed by atoms with Crippen LogP contribution in [0.15, 0.2) is 89.9 Å². The third kappa shape index (κ3) is 3.79. The van der Waals surface area contributed by atoms with Crippen LogP contribution in [-0.2, 0) is 9.59 Å². The number of fused-ring (bicyclic) bond motifs is 1. The van der Waals surface area contributed by atoms with Gasteiger partial charge >= 0.3 is 0 Å². The van der Waals surface area contributed by atoms with Gasteiger partial charge < -0.3 is 5.11 Å². The van der Waals surface area contributed by atoms with E-state index >= 15 is 0 Å². The van der Waals surface area contributed by atoms with Gasteiger partial charge in [-0.15, -0.1) is 0 Å². The summed E-state index contributed by atoms with van der Waals surface area (Å²) in [6.45, 7) is 0. The number of carbonyl (C=O) groups is 2. The summed E-state index contributed by atoms with van der Waals surface area (Å²) in [5.41, 5.74) is 4.61. The average molecular weight is 472 g/mol. The van der Waals surface area contributed by atoms with Gasteiger partial charge in [0.15, 0.2) is 3.95 Å². The minimum Gasteiger partial charge on any atom is -0.492 e. The van der Waals surface area contributed by atoms with Crippen LogP contribution in [0.4, 0.5) is 0 Å². The Morgan fingerprint density at radius 1 is 0.939 bits per heavy atom. The molecule has 1 aromatic heterocycles. The zero-order chi connectivity index (χ0) is 22.9. The standard InChI is InChI=1S/C25H17N3O3S2/c29-22-20(17-13-7-8-14-18(17)26-22)21-24(31)28(25(32)33-21)27-23(30)19(15-9-3-1-4-10-15)16-11-5-2-6-12-16/h1-14,19,31H,(H,27,30). The van der Waals surface area contributed by atoms with Crippen LogP contribution in [0.1, 0.15) is 21.9 Å². The molecule has 2 heterocycles. The van der Waals surface area contributed by atoms with E-state index in [1.54, 1.807) is 24.3 Å². The molecule has 6 nitrogen and oxygen atoms in total. The van der Waals surface area contributed by atoms with Crippen LogP contribution in [0.2, 0.25) is 0 Å². The lowest BCUT2D eigenvalue weighted by Gasteiger charge is -2.18. The third-order valence-electron chi connectivity index (χ3n) is 5.37. The van der Waals surface area contributed by atoms with Gasteiger partial charge in [0, 0.05) is 5.22 Å². The van der Waals surface area contributed by atoms with Gasteiger partial charge in [0.05, 0.1) is 16.8 Å². The van der Waals surface area contributed by atoms with E-state index in [0.29, 0.717) is 10.6 Å². The first-order chi connectivity index (χ1) is 16.0. The van der Waals surface area contributed by atoms with Crippen molar-refractivity contribution in [1.82, 2.24) is 4.68 Å². The molecule has 0 aliphatic carbocycles. The topological polar surface area (TPSA) is 83.7 Å². The number of para-hydroxylation sites is 1. The van der Waals surface area contributed by atoms with Gasteiger partial charge in [-0.3, -0.25) is 15.0 Å². The number of thiazole rings is 1. The molecule has 2 amide bonds. The first kappa shape index (κ1) is 21.0. The Kier molecular flexibility index (Phi) is 5.45. The van der Waals surface area contributed by atoms with Crippen LogP contribution >= 0.6 is 23.6 Å². The van der Waals surface area contributed by atoms with E-state index < -0.39 is 11.8 Å². The largest absolute Gasteiger partial charge is 0.492 e. The summed E-state index contributed by atoms with van der Waals surface area (Å²) >= 11 is 6.47. The Balaban J connectivity index is 1.56. The Labute approximate surface area is 197 Å². The second kappa shape index (κ2) is 8.57. The molecule has 4 aromatic rings. The number of benzene rings is 3. The maximum Gasteiger partial charge on any atom is 0.279 e. The van der Waals surface area contributed by atoms with Gasteiger partial charge in [-0.1, -0.05) is 90.2 Å². The lowest BCUT2D eigenvalue weighted by atomic mass is 9.91. The number of carbonyl (C=O) groups excluding carboxylic acids is 2. The number of aromatic hydroxyl groups is 1. The van der Waals surface area contributed by atoms with Crippen LogP contribution in [0.5, 0.6) is 5.88 Å². The fourth-order valence-electron chi connectivity index (χ4n) is 3.87. The molecule has 0 spiro atoms. The lowest BCUT2D eigenvalue weighted by molar-refractivity contribution is -0.117. The van der Waals surface area contributed by atoms with Crippen molar-refractivity contribution < 1.29 is 14.7 Å². The fourth-order valence-corrected chi connectivity index (χ4v) is 5.13. The first-order valence-corrected chi connectivity index (χ1v) is 11.4. The zero-order valence-electron chi connectivity index (χ0n) is 17.1. The average Bonchev–Trinajstić information content (AvgIpc) is 3.30. The zero-order valence-corrected chi connectivity index (χ0v) is 18.8. The third-order valence-corrected chi connectivity index (χ3v) is 6.75. The summed E-state index contributed by atoms with van der Waals surface area (Å²) in [7, 11) is 0. The Bertz CT molecular complexity index is 1520. The van der Waals surface area contributed by atoms with Crippen LogP contribution < -0.4 is 16.0 Å². The molecule has 0 bridgehead atoms. The molecule has 5 rings (SSSR count). The molecule has 0 fully saturated rings. The second-order valence-electron chi connectivity index (χ2n) is 7.40. The van der Waals surface area contributed by atoms with Crippen LogP contribution in [0.25, 0.3) is 5.57 Å². The van der Waals surface area contributed by atoms with E-state index in [1.165, 1.54) is 0 Å². The van der Waals surface area contributed by atoms with E-state index in [9.17, 15) is 14.7 Å².